The third kappa shape index (κ3) is 1.20. The lowest BCUT2D eigenvalue weighted by Gasteiger charge is -2.08. The number of hydrogen-bond donors (Lipinski definition) is 1. The minimum Gasteiger partial charge on any atom is -0.392 e. The number of β-amino-alcohol motifs (C(OH)–C–C–N with tert-alkyl or cyclic N) is 1. The number of hydrogen-bond acceptors (Lipinski definition) is 2. The van der Waals surface area contributed by atoms with Gasteiger partial charge >= 0.3 is 0 Å². The normalized spacial score (nSPS) is 31.5. The summed E-state index contributed by atoms with van der Waals surface area (Å²) in [5, 5.41) is 8.97. The molecule has 2 heteroatoms. The highest BCUT2D eigenvalue weighted by molar-refractivity contribution is 4.77. The monoisotopic (exact) mass is 114 g/mol. The predicted octanol–water partition coefficient (Wildman–Crippen LogP) is 0.235. The summed E-state index contributed by atoms with van der Waals surface area (Å²) in [6, 6.07) is 0. The second-order valence-electron chi connectivity index (χ2n) is 2.20. The van der Waals surface area contributed by atoms with Gasteiger partial charge in [-0.3, -0.25) is 4.90 Å². The molecule has 8 heavy (non-hydrogen) atoms. The Kier molecular flexibility index (Phi) is 1.86. The van der Waals surface area contributed by atoms with Gasteiger partial charge in [0.2, 0.25) is 0 Å². The molecule has 1 atom stereocenters. The molecule has 1 radical (unpaired) electrons. The molecule has 0 aromatic carbocycles. The van der Waals surface area contributed by atoms with Crippen LogP contribution in [-0.2, 0) is 0 Å². The fourth-order valence-electron chi connectivity index (χ4n) is 1.00. The Labute approximate surface area is 50.1 Å². The van der Waals surface area contributed by atoms with E-state index in [0.717, 1.165) is 19.5 Å². The van der Waals surface area contributed by atoms with Crippen molar-refractivity contribution in [3.05, 3.63) is 6.54 Å². The zero-order chi connectivity index (χ0) is 5.98. The van der Waals surface area contributed by atoms with Gasteiger partial charge in [0.05, 0.1) is 6.10 Å². The summed E-state index contributed by atoms with van der Waals surface area (Å²) in [6.07, 6.45) is 0.857. The predicted molar refractivity (Wildman–Crippen MR) is 32.2 cm³/mol. The first-order chi connectivity index (χ1) is 3.83. The number of nitrogens with zero attached hydrogens (tertiary/aromatic N) is 1. The van der Waals surface area contributed by atoms with Gasteiger partial charge in [0.1, 0.15) is 0 Å². The van der Waals surface area contributed by atoms with Crippen LogP contribution >= 0.6 is 0 Å². The number of likely N-dealkylation sites (tertiary alicyclic amines) is 1. The average Bonchev–Trinajstić information content (AvgIpc) is 2.14. The second kappa shape index (κ2) is 2.46. The summed E-state index contributed by atoms with van der Waals surface area (Å²) in [6.45, 7) is 5.88. The van der Waals surface area contributed by atoms with E-state index in [9.17, 15) is 0 Å². The summed E-state index contributed by atoms with van der Waals surface area (Å²) < 4.78 is 0. The van der Waals surface area contributed by atoms with Crippen LogP contribution in [0.25, 0.3) is 0 Å². The minimum atomic E-state index is -0.0776. The summed E-state index contributed by atoms with van der Waals surface area (Å²) in [7, 11) is 0. The quantitative estimate of drug-likeness (QED) is 0.527. The summed E-state index contributed by atoms with van der Waals surface area (Å²) in [5.74, 6) is 0. The Bertz CT molecular complexity index is 74.9. The van der Waals surface area contributed by atoms with Crippen LogP contribution in [0.5, 0.6) is 0 Å². The molecule has 0 saturated carbocycles. The van der Waals surface area contributed by atoms with Crippen molar-refractivity contribution in [1.82, 2.24) is 4.90 Å². The van der Waals surface area contributed by atoms with Gasteiger partial charge in [0.25, 0.3) is 0 Å². The molecule has 1 N–H and O–H groups in total. The van der Waals surface area contributed by atoms with Crippen LogP contribution in [0.4, 0.5) is 0 Å². The Morgan fingerprint density at radius 1 is 1.75 bits per heavy atom. The number of rotatable bonds is 1. The van der Waals surface area contributed by atoms with Crippen LogP contribution in [0, 0.1) is 6.54 Å². The first-order valence-corrected chi connectivity index (χ1v) is 3.04. The fourth-order valence-corrected chi connectivity index (χ4v) is 1.00. The molecule has 0 aromatic heterocycles. The van der Waals surface area contributed by atoms with E-state index in [2.05, 4.69) is 4.90 Å². The Balaban J connectivity index is 2.22. The maximum absolute atomic E-state index is 8.97. The van der Waals surface area contributed by atoms with Crippen LogP contribution in [0.15, 0.2) is 0 Å². The van der Waals surface area contributed by atoms with E-state index >= 15 is 0 Å². The number of aliphatic hydroxyl groups is 1. The molecule has 1 aliphatic heterocycles. The molecule has 0 aliphatic carbocycles. The molecule has 2 nitrogen and oxygen atoms in total. The zero-order valence-corrected chi connectivity index (χ0v) is 5.17. The molecule has 1 saturated heterocycles. The second-order valence-corrected chi connectivity index (χ2v) is 2.20. The molecule has 0 amide bonds. The van der Waals surface area contributed by atoms with Crippen molar-refractivity contribution in [2.75, 3.05) is 13.1 Å². The van der Waals surface area contributed by atoms with Gasteiger partial charge in [-0.1, -0.05) is 0 Å². The van der Waals surface area contributed by atoms with Gasteiger partial charge < -0.3 is 5.11 Å². The topological polar surface area (TPSA) is 23.5 Å². The fraction of sp³-hybridized carbons (Fsp3) is 0.833. The molecule has 1 fully saturated rings. The lowest BCUT2D eigenvalue weighted by atomic mass is 10.3. The van der Waals surface area contributed by atoms with Crippen molar-refractivity contribution in [2.24, 2.45) is 0 Å². The van der Waals surface area contributed by atoms with E-state index in [0.29, 0.717) is 0 Å². The van der Waals surface area contributed by atoms with Gasteiger partial charge in [0.15, 0.2) is 0 Å². The standard InChI is InChI=1S/C6H12NO/c1-2-7-4-3-6(8)5-7/h2,6,8H,3-5H2,1H3/t6-/m1/s1. The Morgan fingerprint density at radius 2 is 2.50 bits per heavy atom. The Hall–Kier alpha value is -0.0800. The van der Waals surface area contributed by atoms with E-state index in [4.69, 9.17) is 5.11 Å². The molecular formula is C6H12NO. The summed E-state index contributed by atoms with van der Waals surface area (Å²) in [5.41, 5.74) is 0. The largest absolute Gasteiger partial charge is 0.392 e. The Morgan fingerprint density at radius 3 is 2.75 bits per heavy atom. The molecule has 0 spiro atoms. The molecule has 1 aliphatic rings. The van der Waals surface area contributed by atoms with Crippen LogP contribution in [0.3, 0.4) is 0 Å². The lowest BCUT2D eigenvalue weighted by molar-refractivity contribution is 0.183. The highest BCUT2D eigenvalue weighted by atomic mass is 16.3. The van der Waals surface area contributed by atoms with E-state index in [1.807, 2.05) is 13.5 Å². The smallest absolute Gasteiger partial charge is 0.0679 e. The highest BCUT2D eigenvalue weighted by Gasteiger charge is 2.17. The van der Waals surface area contributed by atoms with E-state index < -0.39 is 0 Å². The van der Waals surface area contributed by atoms with Gasteiger partial charge in [-0.25, -0.2) is 0 Å². The molecule has 1 rings (SSSR count). The van der Waals surface area contributed by atoms with Crippen molar-refractivity contribution < 1.29 is 5.11 Å². The molecule has 1 heterocycles. The van der Waals surface area contributed by atoms with Crippen LogP contribution < -0.4 is 0 Å². The van der Waals surface area contributed by atoms with Crippen molar-refractivity contribution in [2.45, 2.75) is 19.4 Å². The summed E-state index contributed by atoms with van der Waals surface area (Å²) in [4.78, 5) is 2.13. The van der Waals surface area contributed by atoms with Gasteiger partial charge in [0, 0.05) is 19.6 Å². The maximum Gasteiger partial charge on any atom is 0.0679 e. The van der Waals surface area contributed by atoms with E-state index in [1.165, 1.54) is 0 Å². The SMILES string of the molecule is C[CH]N1CC[C@@H](O)C1. The maximum atomic E-state index is 8.97. The third-order valence-corrected chi connectivity index (χ3v) is 1.56. The third-order valence-electron chi connectivity index (χ3n) is 1.56. The van der Waals surface area contributed by atoms with Crippen molar-refractivity contribution in [3.8, 4) is 0 Å². The van der Waals surface area contributed by atoms with Crippen molar-refractivity contribution >= 4 is 0 Å². The van der Waals surface area contributed by atoms with Crippen LogP contribution in [0.2, 0.25) is 0 Å². The first-order valence-electron chi connectivity index (χ1n) is 3.04. The van der Waals surface area contributed by atoms with Crippen molar-refractivity contribution in [3.63, 3.8) is 0 Å². The minimum absolute atomic E-state index is 0.0776. The van der Waals surface area contributed by atoms with Gasteiger partial charge in [-0.05, 0) is 13.3 Å². The van der Waals surface area contributed by atoms with Gasteiger partial charge in [-0.15, -0.1) is 0 Å². The average molecular weight is 114 g/mol. The first kappa shape index (κ1) is 6.05. The van der Waals surface area contributed by atoms with E-state index in [-0.39, 0.29) is 6.10 Å². The molecule has 0 bridgehead atoms. The van der Waals surface area contributed by atoms with Gasteiger partial charge in [-0.2, -0.15) is 0 Å². The van der Waals surface area contributed by atoms with Crippen LogP contribution in [0.1, 0.15) is 13.3 Å². The molecular weight excluding hydrogens is 102 g/mol. The highest BCUT2D eigenvalue weighted by Crippen LogP contribution is 2.08. The molecule has 0 unspecified atom stereocenters. The number of aliphatic hydroxyl groups excluding tert-OH is 1. The van der Waals surface area contributed by atoms with Crippen LogP contribution in [-0.4, -0.2) is 29.2 Å². The molecule has 0 aromatic rings. The van der Waals surface area contributed by atoms with Crippen molar-refractivity contribution in [1.29, 1.82) is 0 Å². The lowest BCUT2D eigenvalue weighted by Crippen LogP contribution is -2.17. The zero-order valence-electron chi connectivity index (χ0n) is 5.17. The summed E-state index contributed by atoms with van der Waals surface area (Å²) >= 11 is 0. The molecule has 47 valence electrons. The van der Waals surface area contributed by atoms with E-state index in [1.54, 1.807) is 0 Å².